The summed E-state index contributed by atoms with van der Waals surface area (Å²) < 4.78 is 5.71. The summed E-state index contributed by atoms with van der Waals surface area (Å²) in [5.74, 6) is -0.980. The molecule has 5 rings (SSSR count). The first-order valence-electron chi connectivity index (χ1n) is 10.5. The fourth-order valence-electron chi connectivity index (χ4n) is 4.34. The van der Waals surface area contributed by atoms with Gasteiger partial charge in [-0.3, -0.25) is 14.4 Å². The molecule has 3 amide bonds. The van der Waals surface area contributed by atoms with Crippen LogP contribution in [0, 0.1) is 0 Å². The Morgan fingerprint density at radius 3 is 2.41 bits per heavy atom. The number of carbonyl (C=O) groups is 3. The summed E-state index contributed by atoms with van der Waals surface area (Å²) in [5, 5.41) is 3.76. The Labute approximate surface area is 169 Å². The van der Waals surface area contributed by atoms with Crippen molar-refractivity contribution in [1.29, 1.82) is 0 Å². The molecule has 1 aromatic carbocycles. The third-order valence-corrected chi connectivity index (χ3v) is 6.24. The van der Waals surface area contributed by atoms with Crippen LogP contribution in [0.5, 0.6) is 0 Å². The number of nitrogens with zero attached hydrogens (tertiary/aromatic N) is 2. The number of carbonyl (C=O) groups excluding carboxylic acids is 3. The normalized spacial score (nSPS) is 18.8. The highest BCUT2D eigenvalue weighted by Crippen LogP contribution is 2.30. The third-order valence-electron chi connectivity index (χ3n) is 6.24. The van der Waals surface area contributed by atoms with Crippen LogP contribution in [0.3, 0.4) is 0 Å². The molecule has 1 aliphatic heterocycles. The van der Waals surface area contributed by atoms with E-state index < -0.39 is 11.8 Å². The molecule has 0 spiro atoms. The summed E-state index contributed by atoms with van der Waals surface area (Å²) in [7, 11) is 0. The zero-order valence-electron chi connectivity index (χ0n) is 16.4. The molecule has 0 atom stereocenters. The first-order valence-corrected chi connectivity index (χ1v) is 10.5. The van der Waals surface area contributed by atoms with Crippen LogP contribution in [0.15, 0.2) is 22.8 Å². The lowest BCUT2D eigenvalue weighted by Gasteiger charge is -2.34. The highest BCUT2D eigenvalue weighted by atomic mass is 16.3. The summed E-state index contributed by atoms with van der Waals surface area (Å²) >= 11 is 0. The second-order valence-electron chi connectivity index (χ2n) is 8.33. The van der Waals surface area contributed by atoms with Crippen molar-refractivity contribution in [3.63, 3.8) is 0 Å². The van der Waals surface area contributed by atoms with Crippen molar-refractivity contribution >= 4 is 28.7 Å². The van der Waals surface area contributed by atoms with E-state index >= 15 is 0 Å². The van der Waals surface area contributed by atoms with Gasteiger partial charge in [0.1, 0.15) is 5.58 Å². The van der Waals surface area contributed by atoms with Crippen LogP contribution in [0.2, 0.25) is 0 Å². The van der Waals surface area contributed by atoms with Crippen LogP contribution >= 0.6 is 0 Å². The molecule has 152 valence electrons. The van der Waals surface area contributed by atoms with Crippen LogP contribution in [0.1, 0.15) is 36.0 Å². The summed E-state index contributed by atoms with van der Waals surface area (Å²) in [5.41, 5.74) is 4.49. The van der Waals surface area contributed by atoms with Gasteiger partial charge in [0.05, 0.1) is 12.7 Å². The van der Waals surface area contributed by atoms with Crippen molar-refractivity contribution in [2.24, 2.45) is 0 Å². The van der Waals surface area contributed by atoms with Crippen LogP contribution in [-0.2, 0) is 33.6 Å². The number of aryl methyl sites for hydroxylation is 2. The standard InChI is InChI=1S/C22H25N3O4/c26-20(12-16-13-29-19-11-15-3-1-2-14(15)10-18(16)19)24-6-8-25(9-7-24)22(28)21(27)23-17-4-5-17/h10-11,13,17H,1-9,12H2,(H,23,27). The molecule has 0 bridgehead atoms. The van der Waals surface area contributed by atoms with E-state index in [1.54, 1.807) is 11.2 Å². The Bertz CT molecular complexity index is 983. The van der Waals surface area contributed by atoms with Gasteiger partial charge in [0.15, 0.2) is 0 Å². The monoisotopic (exact) mass is 395 g/mol. The van der Waals surface area contributed by atoms with E-state index in [1.165, 1.54) is 22.4 Å². The van der Waals surface area contributed by atoms with Crippen LogP contribution in [-0.4, -0.2) is 59.7 Å². The van der Waals surface area contributed by atoms with Crippen LogP contribution in [0.25, 0.3) is 11.0 Å². The third kappa shape index (κ3) is 3.61. The number of piperazine rings is 1. The molecule has 3 aliphatic rings. The van der Waals surface area contributed by atoms with Crippen molar-refractivity contribution in [3.8, 4) is 0 Å². The predicted molar refractivity (Wildman–Crippen MR) is 106 cm³/mol. The summed E-state index contributed by atoms with van der Waals surface area (Å²) in [4.78, 5) is 40.3. The number of amides is 3. The lowest BCUT2D eigenvalue weighted by molar-refractivity contribution is -0.148. The molecular weight excluding hydrogens is 370 g/mol. The smallest absolute Gasteiger partial charge is 0.312 e. The minimum Gasteiger partial charge on any atom is -0.464 e. The van der Waals surface area contributed by atoms with Gasteiger partial charge < -0.3 is 19.5 Å². The number of furan rings is 1. The number of fused-ring (bicyclic) bond motifs is 2. The van der Waals surface area contributed by atoms with Gasteiger partial charge in [-0.2, -0.15) is 0 Å². The van der Waals surface area contributed by atoms with Crippen molar-refractivity contribution < 1.29 is 18.8 Å². The van der Waals surface area contributed by atoms with E-state index in [2.05, 4.69) is 17.4 Å². The maximum atomic E-state index is 12.8. The lowest BCUT2D eigenvalue weighted by atomic mass is 10.0. The van der Waals surface area contributed by atoms with Gasteiger partial charge in [-0.15, -0.1) is 0 Å². The summed E-state index contributed by atoms with van der Waals surface area (Å²) in [6.07, 6.45) is 7.26. The molecule has 2 aromatic rings. The highest BCUT2D eigenvalue weighted by Gasteiger charge is 2.31. The highest BCUT2D eigenvalue weighted by molar-refractivity contribution is 6.35. The van der Waals surface area contributed by atoms with Gasteiger partial charge in [0, 0.05) is 43.2 Å². The van der Waals surface area contributed by atoms with Crippen molar-refractivity contribution in [2.45, 2.75) is 44.6 Å². The Hall–Kier alpha value is -2.83. The minimum atomic E-state index is -0.523. The number of nitrogens with one attached hydrogen (secondary N) is 1. The molecule has 2 heterocycles. The predicted octanol–water partition coefficient (Wildman–Crippen LogP) is 1.41. The lowest BCUT2D eigenvalue weighted by Crippen LogP contribution is -2.54. The Kier molecular flexibility index (Phi) is 4.53. The van der Waals surface area contributed by atoms with Gasteiger partial charge >= 0.3 is 11.8 Å². The topological polar surface area (TPSA) is 82.9 Å². The van der Waals surface area contributed by atoms with E-state index in [9.17, 15) is 14.4 Å². The van der Waals surface area contributed by atoms with Crippen molar-refractivity contribution in [1.82, 2.24) is 15.1 Å². The first-order chi connectivity index (χ1) is 14.1. The average Bonchev–Trinajstić information content (AvgIpc) is 3.29. The van der Waals surface area contributed by atoms with E-state index in [4.69, 9.17) is 4.42 Å². The zero-order chi connectivity index (χ0) is 20.0. The quantitative estimate of drug-likeness (QED) is 0.797. The molecule has 7 heteroatoms. The minimum absolute atomic E-state index is 0.0303. The second kappa shape index (κ2) is 7.21. The molecule has 7 nitrogen and oxygen atoms in total. The zero-order valence-corrected chi connectivity index (χ0v) is 16.4. The van der Waals surface area contributed by atoms with Crippen molar-refractivity contribution in [3.05, 3.63) is 35.1 Å². The molecule has 2 fully saturated rings. The molecule has 2 aliphatic carbocycles. The second-order valence-corrected chi connectivity index (χ2v) is 8.33. The van der Waals surface area contributed by atoms with E-state index in [1.807, 2.05) is 0 Å². The SMILES string of the molecule is O=C(NC1CC1)C(=O)N1CCN(C(=O)Cc2coc3cc4c(cc23)CCC4)CC1. The molecule has 1 aromatic heterocycles. The van der Waals surface area contributed by atoms with Gasteiger partial charge in [0.2, 0.25) is 5.91 Å². The molecule has 1 saturated carbocycles. The molecule has 0 radical (unpaired) electrons. The summed E-state index contributed by atoms with van der Waals surface area (Å²) in [6, 6.07) is 4.46. The van der Waals surface area contributed by atoms with Crippen LogP contribution < -0.4 is 5.32 Å². The van der Waals surface area contributed by atoms with E-state index in [-0.39, 0.29) is 11.9 Å². The largest absolute Gasteiger partial charge is 0.464 e. The number of hydrogen-bond donors (Lipinski definition) is 1. The Morgan fingerprint density at radius 1 is 1.00 bits per heavy atom. The Morgan fingerprint density at radius 2 is 1.69 bits per heavy atom. The maximum Gasteiger partial charge on any atom is 0.312 e. The van der Waals surface area contributed by atoms with Crippen LogP contribution in [0.4, 0.5) is 0 Å². The summed E-state index contributed by atoms with van der Waals surface area (Å²) in [6.45, 7) is 1.68. The number of rotatable bonds is 3. The van der Waals surface area contributed by atoms with Gasteiger partial charge in [-0.05, 0) is 55.4 Å². The van der Waals surface area contributed by atoms with Gasteiger partial charge in [-0.25, -0.2) is 0 Å². The average molecular weight is 395 g/mol. The fourth-order valence-corrected chi connectivity index (χ4v) is 4.34. The van der Waals surface area contributed by atoms with Gasteiger partial charge in [0.25, 0.3) is 0 Å². The van der Waals surface area contributed by atoms with E-state index in [0.717, 1.165) is 42.2 Å². The van der Waals surface area contributed by atoms with Crippen molar-refractivity contribution in [2.75, 3.05) is 26.2 Å². The van der Waals surface area contributed by atoms with E-state index in [0.29, 0.717) is 32.6 Å². The Balaban J connectivity index is 1.20. The molecular formula is C22H25N3O4. The number of hydrogen-bond acceptors (Lipinski definition) is 4. The first kappa shape index (κ1) is 18.2. The molecule has 1 N–H and O–H groups in total. The van der Waals surface area contributed by atoms with Gasteiger partial charge in [-0.1, -0.05) is 0 Å². The molecule has 29 heavy (non-hydrogen) atoms. The molecule has 0 unspecified atom stereocenters. The molecule has 1 saturated heterocycles. The fraction of sp³-hybridized carbons (Fsp3) is 0.500. The maximum absolute atomic E-state index is 12.8. The number of benzene rings is 1.